The molecule has 1 fully saturated rings. The van der Waals surface area contributed by atoms with E-state index in [1.54, 1.807) is 0 Å². The zero-order valence-corrected chi connectivity index (χ0v) is 12.4. The molecule has 0 aromatic rings. The molecule has 5 N–H and O–H groups in total. The predicted octanol–water partition coefficient (Wildman–Crippen LogP) is -0.165. The summed E-state index contributed by atoms with van der Waals surface area (Å²) in [6.45, 7) is 5.06. The van der Waals surface area contributed by atoms with E-state index in [1.807, 2.05) is 0 Å². The molecule has 1 rings (SSSR count). The highest BCUT2D eigenvalue weighted by Gasteiger charge is 2.37. The van der Waals surface area contributed by atoms with Gasteiger partial charge in [0.05, 0.1) is 6.10 Å². The Morgan fingerprint density at radius 3 is 2.50 bits per heavy atom. The Bertz CT molecular complexity index is 347. The van der Waals surface area contributed by atoms with Crippen LogP contribution >= 0.6 is 0 Å². The maximum Gasteiger partial charge on any atom is 0.240 e. The van der Waals surface area contributed by atoms with E-state index in [0.717, 1.165) is 12.8 Å². The molecule has 1 aliphatic heterocycles. The van der Waals surface area contributed by atoms with Crippen molar-refractivity contribution < 1.29 is 14.7 Å². The van der Waals surface area contributed by atoms with Gasteiger partial charge in [-0.25, -0.2) is 0 Å². The highest BCUT2D eigenvalue weighted by molar-refractivity contribution is 5.87. The van der Waals surface area contributed by atoms with Crippen LogP contribution in [0.3, 0.4) is 0 Å². The quantitative estimate of drug-likeness (QED) is 0.603. The van der Waals surface area contributed by atoms with Crippen LogP contribution in [-0.2, 0) is 9.59 Å². The molecule has 6 nitrogen and oxygen atoms in total. The SMILES string of the molecule is CC(C)C(CCN)CCC(=O)N1CC(O)CC1C(N)=O. The van der Waals surface area contributed by atoms with Gasteiger partial charge in [0.2, 0.25) is 11.8 Å². The molecule has 0 aromatic heterocycles. The first kappa shape index (κ1) is 16.9. The van der Waals surface area contributed by atoms with Crippen LogP contribution in [-0.4, -0.2) is 47.1 Å². The summed E-state index contributed by atoms with van der Waals surface area (Å²) in [6, 6.07) is -0.662. The van der Waals surface area contributed by atoms with Gasteiger partial charge in [-0.05, 0) is 31.2 Å². The van der Waals surface area contributed by atoms with Crippen LogP contribution in [0.2, 0.25) is 0 Å². The van der Waals surface area contributed by atoms with E-state index in [-0.39, 0.29) is 18.9 Å². The van der Waals surface area contributed by atoms with Gasteiger partial charge in [0.1, 0.15) is 6.04 Å². The second-order valence-electron chi connectivity index (χ2n) is 5.97. The molecule has 0 spiro atoms. The number of amides is 2. The molecule has 1 saturated heterocycles. The van der Waals surface area contributed by atoms with Gasteiger partial charge in [-0.3, -0.25) is 9.59 Å². The lowest BCUT2D eigenvalue weighted by molar-refractivity contribution is -0.137. The van der Waals surface area contributed by atoms with Crippen molar-refractivity contribution in [3.63, 3.8) is 0 Å². The van der Waals surface area contributed by atoms with Crippen LogP contribution in [0.25, 0.3) is 0 Å². The highest BCUT2D eigenvalue weighted by atomic mass is 16.3. The number of hydrogen-bond acceptors (Lipinski definition) is 4. The van der Waals surface area contributed by atoms with E-state index in [1.165, 1.54) is 4.90 Å². The Morgan fingerprint density at radius 2 is 2.00 bits per heavy atom. The maximum atomic E-state index is 12.2. The summed E-state index contributed by atoms with van der Waals surface area (Å²) in [5.41, 5.74) is 10.9. The second-order valence-corrected chi connectivity index (χ2v) is 5.97. The Balaban J connectivity index is 2.55. The largest absolute Gasteiger partial charge is 0.391 e. The van der Waals surface area contributed by atoms with Gasteiger partial charge in [0, 0.05) is 19.4 Å². The Labute approximate surface area is 120 Å². The molecule has 116 valence electrons. The van der Waals surface area contributed by atoms with Crippen LogP contribution < -0.4 is 11.5 Å². The normalized spacial score (nSPS) is 24.1. The molecule has 0 saturated carbocycles. The third-order valence-electron chi connectivity index (χ3n) is 4.14. The number of hydrogen-bond donors (Lipinski definition) is 3. The third-order valence-corrected chi connectivity index (χ3v) is 4.14. The average molecular weight is 285 g/mol. The average Bonchev–Trinajstić information content (AvgIpc) is 2.76. The van der Waals surface area contributed by atoms with Crippen molar-refractivity contribution in [3.05, 3.63) is 0 Å². The fourth-order valence-electron chi connectivity index (χ4n) is 2.84. The van der Waals surface area contributed by atoms with Crippen LogP contribution in [0.4, 0.5) is 0 Å². The third kappa shape index (κ3) is 4.45. The standard InChI is InChI=1S/C14H27N3O3/c1-9(2)10(5-6-15)3-4-13(19)17-8-11(18)7-12(17)14(16)20/h9-12,18H,3-8,15H2,1-2H3,(H2,16,20). The van der Waals surface area contributed by atoms with E-state index >= 15 is 0 Å². The van der Waals surface area contributed by atoms with Crippen molar-refractivity contribution >= 4 is 11.8 Å². The smallest absolute Gasteiger partial charge is 0.240 e. The summed E-state index contributed by atoms with van der Waals surface area (Å²) in [5, 5.41) is 9.60. The number of likely N-dealkylation sites (tertiary alicyclic amines) is 1. The van der Waals surface area contributed by atoms with Crippen LogP contribution in [0.1, 0.15) is 39.5 Å². The summed E-state index contributed by atoms with van der Waals surface area (Å²) in [6.07, 6.45) is 1.62. The summed E-state index contributed by atoms with van der Waals surface area (Å²) in [7, 11) is 0. The number of nitrogens with two attached hydrogens (primary N) is 2. The molecule has 3 unspecified atom stereocenters. The molecule has 1 aliphatic rings. The lowest BCUT2D eigenvalue weighted by atomic mass is 9.88. The van der Waals surface area contributed by atoms with Gasteiger partial charge in [-0.2, -0.15) is 0 Å². The topological polar surface area (TPSA) is 110 Å². The Hall–Kier alpha value is -1.14. The maximum absolute atomic E-state index is 12.2. The van der Waals surface area contributed by atoms with Crippen LogP contribution in [0.15, 0.2) is 0 Å². The first-order valence-corrected chi connectivity index (χ1v) is 7.33. The number of carbonyl (C=O) groups is 2. The van der Waals surface area contributed by atoms with Crippen molar-refractivity contribution in [2.75, 3.05) is 13.1 Å². The summed E-state index contributed by atoms with van der Waals surface area (Å²) in [5.74, 6) is 0.233. The summed E-state index contributed by atoms with van der Waals surface area (Å²) >= 11 is 0. The molecule has 0 aliphatic carbocycles. The van der Waals surface area contributed by atoms with E-state index in [9.17, 15) is 14.7 Å². The fourth-order valence-corrected chi connectivity index (χ4v) is 2.84. The Kier molecular flexibility index (Phi) is 6.42. The first-order chi connectivity index (χ1) is 9.36. The molecule has 20 heavy (non-hydrogen) atoms. The van der Waals surface area contributed by atoms with Crippen molar-refractivity contribution in [1.82, 2.24) is 4.90 Å². The van der Waals surface area contributed by atoms with Crippen molar-refractivity contribution in [1.29, 1.82) is 0 Å². The van der Waals surface area contributed by atoms with Gasteiger partial charge in [-0.1, -0.05) is 13.8 Å². The number of carbonyl (C=O) groups excluding carboxylic acids is 2. The lowest BCUT2D eigenvalue weighted by Gasteiger charge is -2.24. The molecule has 0 aromatic carbocycles. The van der Waals surface area contributed by atoms with Gasteiger partial charge < -0.3 is 21.5 Å². The van der Waals surface area contributed by atoms with Crippen molar-refractivity contribution in [2.24, 2.45) is 23.3 Å². The highest BCUT2D eigenvalue weighted by Crippen LogP contribution is 2.23. The summed E-state index contributed by atoms with van der Waals surface area (Å²) < 4.78 is 0. The minimum Gasteiger partial charge on any atom is -0.391 e. The number of β-amino-alcohol motifs (C(OH)–C–C–N with tert-alkyl or cyclic N) is 1. The Morgan fingerprint density at radius 1 is 1.35 bits per heavy atom. The fraction of sp³-hybridized carbons (Fsp3) is 0.857. The van der Waals surface area contributed by atoms with Gasteiger partial charge in [0.15, 0.2) is 0 Å². The van der Waals surface area contributed by atoms with Crippen LogP contribution in [0, 0.1) is 11.8 Å². The number of rotatable bonds is 7. The van der Waals surface area contributed by atoms with Gasteiger partial charge >= 0.3 is 0 Å². The zero-order valence-electron chi connectivity index (χ0n) is 12.4. The second kappa shape index (κ2) is 7.59. The van der Waals surface area contributed by atoms with Crippen LogP contribution in [0.5, 0.6) is 0 Å². The number of aliphatic hydroxyl groups is 1. The van der Waals surface area contributed by atoms with Gasteiger partial charge in [0.25, 0.3) is 0 Å². The van der Waals surface area contributed by atoms with E-state index in [0.29, 0.717) is 24.8 Å². The minimum atomic E-state index is -0.662. The number of nitrogens with zero attached hydrogens (tertiary/aromatic N) is 1. The molecular weight excluding hydrogens is 258 g/mol. The number of aliphatic hydroxyl groups excluding tert-OH is 1. The van der Waals surface area contributed by atoms with E-state index in [2.05, 4.69) is 13.8 Å². The molecule has 0 bridgehead atoms. The zero-order chi connectivity index (χ0) is 15.3. The van der Waals surface area contributed by atoms with E-state index in [4.69, 9.17) is 11.5 Å². The minimum absolute atomic E-state index is 0.104. The molecule has 0 radical (unpaired) electrons. The molecule has 6 heteroatoms. The molecule has 3 atom stereocenters. The number of primary amides is 1. The molecule has 1 heterocycles. The van der Waals surface area contributed by atoms with Gasteiger partial charge in [-0.15, -0.1) is 0 Å². The monoisotopic (exact) mass is 285 g/mol. The predicted molar refractivity (Wildman–Crippen MR) is 76.6 cm³/mol. The molecular formula is C14H27N3O3. The summed E-state index contributed by atoms with van der Waals surface area (Å²) in [4.78, 5) is 24.9. The lowest BCUT2D eigenvalue weighted by Crippen LogP contribution is -2.43. The van der Waals surface area contributed by atoms with Crippen molar-refractivity contribution in [3.8, 4) is 0 Å². The molecule has 2 amide bonds. The first-order valence-electron chi connectivity index (χ1n) is 7.33. The van der Waals surface area contributed by atoms with E-state index < -0.39 is 18.1 Å². The van der Waals surface area contributed by atoms with Crippen molar-refractivity contribution in [2.45, 2.75) is 51.7 Å².